The summed E-state index contributed by atoms with van der Waals surface area (Å²) >= 11 is 9.63. The molecule has 6 aromatic carbocycles. The number of aryl methyl sites for hydroxylation is 7. The summed E-state index contributed by atoms with van der Waals surface area (Å²) in [7, 11) is -4.91. The fourth-order valence-electron chi connectivity index (χ4n) is 10.8. The van der Waals surface area contributed by atoms with Crippen molar-refractivity contribution in [1.29, 1.82) is 26.3 Å². The number of benzene rings is 6. The van der Waals surface area contributed by atoms with Crippen molar-refractivity contribution in [2.24, 2.45) is 0 Å². The molecule has 0 aliphatic carbocycles. The van der Waals surface area contributed by atoms with Gasteiger partial charge in [-0.15, -0.1) is 0 Å². The molecule has 7 heterocycles. The first kappa shape index (κ1) is 87.8. The fraction of sp³-hybridized carbons (Fsp3) is 0.120. The van der Waals surface area contributed by atoms with Crippen LogP contribution in [-0.4, -0.2) is 85.9 Å². The SMILES string of the molecule is CCS(=O)(=O)c1cccc(B(O)O)c1.Cc1cnc(F)c(-c2c(N)cc(C#N)cc2N)c1.Cc1cnc(F)c(-c2c([N+](=O)[O-])cc(C#N)cc2[N+](=O)[O-])c1.Cc1cnc(F)c(I)c1.Cc1cnc2[nH]c3c(C)c(C#N)cc(I)c3c2c1.Cc1cnc2[nH]c3c(C)c(C#N)cc(N)c3c2c1.N#Cc1cc([N+](=O)[O-])c(Cl)c([N+](=O)[O-])c1. The molecular formula is C75H58BClF3I2N19O12S. The number of fused-ring (bicyclic) bond motifs is 6. The van der Waals surface area contributed by atoms with Gasteiger partial charge < -0.3 is 37.2 Å². The Morgan fingerprint density at radius 3 is 1.30 bits per heavy atom. The van der Waals surface area contributed by atoms with Crippen LogP contribution in [0.4, 0.5) is 53.0 Å². The third-order valence-corrected chi connectivity index (χ3v) is 20.0. The summed E-state index contributed by atoms with van der Waals surface area (Å²) in [6, 6.07) is 34.1. The highest BCUT2D eigenvalue weighted by atomic mass is 127. The van der Waals surface area contributed by atoms with Crippen LogP contribution in [0.25, 0.3) is 66.1 Å². The van der Waals surface area contributed by atoms with E-state index in [2.05, 4.69) is 81.7 Å². The largest absolute Gasteiger partial charge is 0.488 e. The zero-order valence-electron chi connectivity index (χ0n) is 60.6. The van der Waals surface area contributed by atoms with Gasteiger partial charge in [-0.2, -0.15) is 39.5 Å². The molecule has 13 aromatic rings. The lowest BCUT2D eigenvalue weighted by atomic mass is 9.80. The number of nitrogens with one attached hydrogen (secondary N) is 2. The zero-order valence-corrected chi connectivity index (χ0v) is 66.5. The van der Waals surface area contributed by atoms with Gasteiger partial charge in [0.2, 0.25) is 17.8 Å². The molecule has 0 saturated heterocycles. The number of nitro groups is 4. The number of nitrogens with two attached hydrogens (primary N) is 3. The van der Waals surface area contributed by atoms with Crippen LogP contribution in [0.3, 0.4) is 0 Å². The molecule has 0 bridgehead atoms. The summed E-state index contributed by atoms with van der Waals surface area (Å²) in [4.78, 5) is 65.7. The normalized spacial score (nSPS) is 10.4. The van der Waals surface area contributed by atoms with Crippen LogP contribution in [0.15, 0.2) is 139 Å². The second-order valence-corrected chi connectivity index (χ2v) is 29.4. The maximum atomic E-state index is 13.9. The predicted octanol–water partition coefficient (Wildman–Crippen LogP) is 15.0. The number of H-pyrrole nitrogens is 2. The van der Waals surface area contributed by atoms with E-state index in [1.807, 2.05) is 81.7 Å². The quantitative estimate of drug-likeness (QED) is 0.0176. The Morgan fingerprint density at radius 2 is 0.886 bits per heavy atom. The Hall–Kier alpha value is -13.4. The second-order valence-electron chi connectivity index (χ2n) is 24.4. The maximum absolute atomic E-state index is 13.9. The minimum atomic E-state index is -3.28. The van der Waals surface area contributed by atoms with Crippen molar-refractivity contribution >= 4 is 163 Å². The van der Waals surface area contributed by atoms with E-state index in [0.29, 0.717) is 31.5 Å². The van der Waals surface area contributed by atoms with Crippen LogP contribution >= 0.6 is 56.8 Å². The molecule has 0 fully saturated rings. The van der Waals surface area contributed by atoms with Crippen molar-refractivity contribution < 1.29 is 51.3 Å². The number of sulfone groups is 1. The number of nitrogen functional groups attached to an aromatic ring is 3. The van der Waals surface area contributed by atoms with Crippen molar-refractivity contribution in [3.63, 3.8) is 0 Å². The van der Waals surface area contributed by atoms with Crippen molar-refractivity contribution in [3.05, 3.63) is 271 Å². The fourth-order valence-corrected chi connectivity index (χ4v) is 13.5. The number of halogens is 6. The van der Waals surface area contributed by atoms with E-state index in [0.717, 1.165) is 105 Å². The van der Waals surface area contributed by atoms with Gasteiger partial charge in [0, 0.05) is 109 Å². The number of nitrogens with zero attached hydrogens (tertiary/aromatic N) is 14. The molecule has 0 aliphatic heterocycles. The van der Waals surface area contributed by atoms with Crippen LogP contribution in [0, 0.1) is 171 Å². The molecule has 114 heavy (non-hydrogen) atoms. The molecular weight excluding hydrogens is 1750 g/mol. The van der Waals surface area contributed by atoms with E-state index in [4.69, 9.17) is 65.2 Å². The molecule has 0 atom stereocenters. The Balaban J connectivity index is 0.000000186. The number of nitro benzene ring substituents is 4. The Bertz CT molecular complexity index is 6170. The summed E-state index contributed by atoms with van der Waals surface area (Å²) < 4.78 is 64.5. The van der Waals surface area contributed by atoms with Gasteiger partial charge in [0.1, 0.15) is 16.9 Å². The first-order chi connectivity index (χ1) is 53.7. The van der Waals surface area contributed by atoms with E-state index in [-0.39, 0.29) is 55.7 Å². The number of nitriles is 5. The van der Waals surface area contributed by atoms with Crippen LogP contribution in [0.1, 0.15) is 73.7 Å². The number of hydrogen-bond donors (Lipinski definition) is 7. The van der Waals surface area contributed by atoms with Gasteiger partial charge >= 0.3 is 7.12 Å². The molecule has 576 valence electrons. The van der Waals surface area contributed by atoms with Gasteiger partial charge in [0.05, 0.1) is 109 Å². The van der Waals surface area contributed by atoms with E-state index in [1.54, 1.807) is 44.2 Å². The Labute approximate surface area is 677 Å². The van der Waals surface area contributed by atoms with Gasteiger partial charge in [0.25, 0.3) is 22.7 Å². The molecule has 39 heteroatoms. The van der Waals surface area contributed by atoms with E-state index in [1.165, 1.54) is 73.4 Å². The molecule has 13 rings (SSSR count). The topological polar surface area (TPSA) is 540 Å². The van der Waals surface area contributed by atoms with Crippen molar-refractivity contribution in [3.8, 4) is 52.6 Å². The number of hydrogen-bond acceptors (Lipinski definition) is 25. The Morgan fingerprint density at radius 1 is 0.500 bits per heavy atom. The minimum absolute atomic E-state index is 0.00201. The highest BCUT2D eigenvalue weighted by molar-refractivity contribution is 14.1. The lowest BCUT2D eigenvalue weighted by Crippen LogP contribution is -2.30. The molecule has 10 N–H and O–H groups in total. The summed E-state index contributed by atoms with van der Waals surface area (Å²) in [6.07, 6.45) is 7.80. The van der Waals surface area contributed by atoms with Crippen LogP contribution < -0.4 is 22.7 Å². The molecule has 7 aromatic heterocycles. The van der Waals surface area contributed by atoms with Crippen LogP contribution in [-0.2, 0) is 9.84 Å². The highest BCUT2D eigenvalue weighted by Crippen LogP contribution is 2.42. The molecule has 0 saturated carbocycles. The van der Waals surface area contributed by atoms with E-state index >= 15 is 0 Å². The van der Waals surface area contributed by atoms with Gasteiger partial charge in [0.15, 0.2) is 14.9 Å². The first-order valence-electron chi connectivity index (χ1n) is 32.5. The van der Waals surface area contributed by atoms with E-state index in [9.17, 15) is 62.0 Å². The maximum Gasteiger partial charge on any atom is 0.488 e. The minimum Gasteiger partial charge on any atom is -0.423 e. The summed E-state index contributed by atoms with van der Waals surface area (Å²) in [5.41, 5.74) is 27.3. The third-order valence-electron chi connectivity index (χ3n) is 16.3. The Kier molecular flexibility index (Phi) is 29.3. The second kappa shape index (κ2) is 38.0. The van der Waals surface area contributed by atoms with Gasteiger partial charge in [-0.25, -0.2) is 33.3 Å². The van der Waals surface area contributed by atoms with Gasteiger partial charge in [-0.3, -0.25) is 40.5 Å². The number of aromatic nitrogens is 7. The molecule has 0 aliphatic rings. The number of anilines is 3. The molecule has 0 spiro atoms. The molecule has 31 nitrogen and oxygen atoms in total. The smallest absolute Gasteiger partial charge is 0.423 e. The van der Waals surface area contributed by atoms with Gasteiger partial charge in [-0.05, 0) is 205 Å². The third kappa shape index (κ3) is 20.8. The molecule has 0 radical (unpaired) electrons. The van der Waals surface area contributed by atoms with Crippen molar-refractivity contribution in [2.75, 3.05) is 23.0 Å². The molecule has 0 unspecified atom stereocenters. The summed E-state index contributed by atoms with van der Waals surface area (Å²) in [5.74, 6) is -2.09. The number of pyridine rings is 5. The zero-order chi connectivity index (χ0) is 84.7. The number of rotatable bonds is 9. The average molecular weight is 1810 g/mol. The first-order valence-corrected chi connectivity index (χ1v) is 36.7. The van der Waals surface area contributed by atoms with Crippen LogP contribution in [0.2, 0.25) is 5.02 Å². The lowest BCUT2D eigenvalue weighted by molar-refractivity contribution is -0.394. The number of aromatic amines is 2. The predicted molar refractivity (Wildman–Crippen MR) is 438 cm³/mol. The average Bonchev–Trinajstić information content (AvgIpc) is 1.66. The van der Waals surface area contributed by atoms with Crippen molar-refractivity contribution in [1.82, 2.24) is 34.9 Å². The van der Waals surface area contributed by atoms with Gasteiger partial charge in [-0.1, -0.05) is 30.7 Å². The summed E-state index contributed by atoms with van der Waals surface area (Å²) in [6.45, 7) is 14.7. The standard InChI is InChI=1S/C14H10IN3.C14H12N4.C13H7FN4O4.C13H11FN4.C8H11BO4S.C7H2ClN3O4.C6H5FIN/c1-7-3-10-12-11(15)4-9(5-16)8(2)13(12)18-14(10)17-6-7;1-7-3-10-12-11(16)4-9(5-15)8(2)13(12)18-14(10)17-6-7;1-7-2-9(13(14)16-6-7)12-10(17(19)20)3-8(5-15)4-11(12)18(21)22;1-7-2-9(13(14)18-6-7)12-10(16)3-8(5-15)4-11(12)17;1-2-14(12,13)8-5-3-4-7(6-8)9(10)11;8-7-5(10(12)13)1-4(3-9)2-6(7)11(14)15;1-4-2-5(8)6(7)9-3-4/h3-4,6H,1-2H3,(H,17,18);3-4,6H,16H2,1-2H3,(H,17,18);2-4,6H,1H3;2-4,6H,16-17H2,1H3;3-6,10-11H,2H2,1H3;1-2H;2-3H,1H3. The summed E-state index contributed by atoms with van der Waals surface area (Å²) in [5, 5.41) is 109. The van der Waals surface area contributed by atoms with Crippen LogP contribution in [0.5, 0.6) is 0 Å². The lowest BCUT2D eigenvalue weighted by Gasteiger charge is -2.11. The van der Waals surface area contributed by atoms with Crippen molar-refractivity contribution in [2.45, 2.75) is 60.3 Å². The molecule has 0 amide bonds. The van der Waals surface area contributed by atoms with E-state index < -0.39 is 81.9 Å². The highest BCUT2D eigenvalue weighted by Gasteiger charge is 2.31. The monoisotopic (exact) mass is 1810 g/mol.